The number of anilines is 1. The summed E-state index contributed by atoms with van der Waals surface area (Å²) >= 11 is 1.35. The number of nitrogens with one attached hydrogen (secondary N) is 1. The molecule has 0 bridgehead atoms. The van der Waals surface area contributed by atoms with Crippen molar-refractivity contribution in [3.8, 4) is 0 Å². The van der Waals surface area contributed by atoms with E-state index in [-0.39, 0.29) is 43.9 Å². The van der Waals surface area contributed by atoms with Crippen molar-refractivity contribution >= 4 is 29.5 Å². The molecule has 2 aliphatic heterocycles. The van der Waals surface area contributed by atoms with Crippen molar-refractivity contribution in [3.63, 3.8) is 0 Å². The molecule has 40 heavy (non-hydrogen) atoms. The summed E-state index contributed by atoms with van der Waals surface area (Å²) in [5, 5.41) is 3.66. The Bertz CT molecular complexity index is 1480. The van der Waals surface area contributed by atoms with E-state index in [4.69, 9.17) is 30.2 Å². The lowest BCUT2D eigenvalue weighted by molar-refractivity contribution is -0.154. The smallest absolute Gasteiger partial charge is 0.351 e. The van der Waals surface area contributed by atoms with Crippen molar-refractivity contribution in [1.82, 2.24) is 19.1 Å². The van der Waals surface area contributed by atoms with Crippen LogP contribution >= 0.6 is 11.8 Å². The lowest BCUT2D eigenvalue weighted by atomic mass is 10.1. The average Bonchev–Trinajstić information content (AvgIpc) is 3.54. The highest BCUT2D eigenvalue weighted by atomic mass is 32.2. The van der Waals surface area contributed by atoms with Crippen LogP contribution in [0.5, 0.6) is 0 Å². The molecule has 2 fully saturated rings. The number of carbonyl (C=O) groups excluding carboxylic acids is 2. The Labute approximate surface area is 229 Å². The minimum atomic E-state index is -0.845. The zero-order chi connectivity index (χ0) is 28.8. The SMILES string of the molecule is Cc1cn([C@H]2CC(N=[N+]=[N-])[C@@H](COC(=O)CCC(=O)OC[C@@H]3O[C@H](n4ccc(N)nc4=O)CS3)O2)c(=O)[nH]c1=O. The number of aryl methyl sites for hydroxylation is 1. The highest BCUT2D eigenvalue weighted by molar-refractivity contribution is 8.00. The van der Waals surface area contributed by atoms with Gasteiger partial charge in [0.1, 0.15) is 43.0 Å². The van der Waals surface area contributed by atoms with E-state index in [0.29, 0.717) is 5.75 Å². The highest BCUT2D eigenvalue weighted by Crippen LogP contribution is 2.32. The second-order valence-corrected chi connectivity index (χ2v) is 10.1. The molecule has 0 spiro atoms. The topological polar surface area (TPSA) is 236 Å². The molecule has 0 aliphatic carbocycles. The molecular formula is C22H26N8O9S. The van der Waals surface area contributed by atoms with E-state index in [1.54, 1.807) is 0 Å². The number of esters is 2. The fraction of sp³-hybridized carbons (Fsp3) is 0.545. The molecule has 17 nitrogen and oxygen atoms in total. The summed E-state index contributed by atoms with van der Waals surface area (Å²) < 4.78 is 24.3. The molecule has 4 heterocycles. The number of ether oxygens (including phenoxy) is 4. The van der Waals surface area contributed by atoms with E-state index >= 15 is 0 Å². The van der Waals surface area contributed by atoms with E-state index in [1.165, 1.54) is 46.3 Å². The van der Waals surface area contributed by atoms with Crippen LogP contribution in [0.2, 0.25) is 0 Å². The van der Waals surface area contributed by atoms with E-state index in [0.717, 1.165) is 0 Å². The monoisotopic (exact) mass is 578 g/mol. The van der Waals surface area contributed by atoms with Gasteiger partial charge in [0.05, 0.1) is 18.9 Å². The maximum atomic E-state index is 12.2. The van der Waals surface area contributed by atoms with Gasteiger partial charge in [0.25, 0.3) is 5.56 Å². The zero-order valence-electron chi connectivity index (χ0n) is 21.2. The lowest BCUT2D eigenvalue weighted by Gasteiger charge is -2.17. The van der Waals surface area contributed by atoms with Crippen LogP contribution in [-0.2, 0) is 28.5 Å². The molecule has 2 saturated heterocycles. The number of thioether (sulfide) groups is 1. The van der Waals surface area contributed by atoms with Gasteiger partial charge in [0.2, 0.25) is 0 Å². The summed E-state index contributed by atoms with van der Waals surface area (Å²) in [5.74, 6) is -0.809. The maximum absolute atomic E-state index is 12.2. The molecular weight excluding hydrogens is 552 g/mol. The summed E-state index contributed by atoms with van der Waals surface area (Å²) in [4.78, 5) is 68.7. The highest BCUT2D eigenvalue weighted by Gasteiger charge is 2.37. The van der Waals surface area contributed by atoms with Gasteiger partial charge in [-0.2, -0.15) is 4.98 Å². The Kier molecular flexibility index (Phi) is 9.26. The first-order chi connectivity index (χ1) is 19.1. The Morgan fingerprint density at radius 3 is 2.62 bits per heavy atom. The summed E-state index contributed by atoms with van der Waals surface area (Å²) in [7, 11) is 0. The number of hydrogen-bond acceptors (Lipinski definition) is 13. The van der Waals surface area contributed by atoms with Crippen LogP contribution in [0, 0.1) is 6.92 Å². The van der Waals surface area contributed by atoms with Gasteiger partial charge in [-0.25, -0.2) is 9.59 Å². The lowest BCUT2D eigenvalue weighted by Crippen LogP contribution is -2.33. The molecule has 2 aromatic rings. The molecule has 3 N–H and O–H groups in total. The van der Waals surface area contributed by atoms with Crippen LogP contribution in [0.3, 0.4) is 0 Å². The number of nitrogen functional groups attached to an aromatic ring is 1. The van der Waals surface area contributed by atoms with Gasteiger partial charge in [-0.1, -0.05) is 5.11 Å². The van der Waals surface area contributed by atoms with Crippen molar-refractivity contribution in [2.45, 2.75) is 56.2 Å². The maximum Gasteiger partial charge on any atom is 0.351 e. The standard InChI is InChI=1S/C22H26N8O9S/c1-11-7-30(22(35)26-20(11)33)15-6-12(27-28-24)13(38-15)8-36-17(31)2-3-18(32)37-9-19-39-16(10-40-19)29-5-4-14(23)25-21(29)34/h4-5,7,12-13,15-16,19H,2-3,6,8-10H2,1H3,(H2,23,25,34)(H,26,33,35)/t12?,13-,15-,16+,19-/m1/s1. The Hall–Kier alpha value is -4.12. The van der Waals surface area contributed by atoms with Crippen LogP contribution < -0.4 is 22.7 Å². The van der Waals surface area contributed by atoms with Crippen molar-refractivity contribution in [3.05, 3.63) is 65.8 Å². The van der Waals surface area contributed by atoms with Crippen LogP contribution in [0.25, 0.3) is 10.4 Å². The third-order valence-corrected chi connectivity index (χ3v) is 7.17. The normalized spacial score (nSPS) is 23.9. The number of carbonyl (C=O) groups is 2. The zero-order valence-corrected chi connectivity index (χ0v) is 22.0. The van der Waals surface area contributed by atoms with Gasteiger partial charge in [0.15, 0.2) is 0 Å². The van der Waals surface area contributed by atoms with E-state index in [2.05, 4.69) is 20.0 Å². The Morgan fingerprint density at radius 1 is 1.20 bits per heavy atom. The van der Waals surface area contributed by atoms with E-state index in [9.17, 15) is 24.0 Å². The molecule has 4 rings (SSSR count). The van der Waals surface area contributed by atoms with Gasteiger partial charge in [-0.15, -0.1) is 11.8 Å². The Morgan fingerprint density at radius 2 is 1.93 bits per heavy atom. The van der Waals surface area contributed by atoms with Crippen molar-refractivity contribution < 1.29 is 28.5 Å². The predicted molar refractivity (Wildman–Crippen MR) is 138 cm³/mol. The minimum Gasteiger partial charge on any atom is -0.463 e. The quantitative estimate of drug-likeness (QED) is 0.165. The van der Waals surface area contributed by atoms with Gasteiger partial charge in [0, 0.05) is 35.0 Å². The number of H-pyrrole nitrogens is 1. The third kappa shape index (κ3) is 7.09. The summed E-state index contributed by atoms with van der Waals surface area (Å²) in [5.41, 5.74) is 12.4. The third-order valence-electron chi connectivity index (χ3n) is 6.08. The van der Waals surface area contributed by atoms with Crippen LogP contribution in [-0.4, -0.2) is 67.6 Å². The van der Waals surface area contributed by atoms with Gasteiger partial charge in [-0.05, 0) is 18.5 Å². The number of rotatable bonds is 10. The molecule has 0 aromatic carbocycles. The first-order valence-corrected chi connectivity index (χ1v) is 13.1. The van der Waals surface area contributed by atoms with E-state index < -0.39 is 58.9 Å². The molecule has 0 amide bonds. The summed E-state index contributed by atoms with van der Waals surface area (Å²) in [6.07, 6.45) is 0.147. The number of aromatic nitrogens is 4. The minimum absolute atomic E-state index is 0.0824. The fourth-order valence-corrected chi connectivity index (χ4v) is 5.02. The molecule has 1 unspecified atom stereocenters. The Balaban J connectivity index is 1.20. The van der Waals surface area contributed by atoms with Crippen molar-refractivity contribution in [1.29, 1.82) is 0 Å². The molecule has 18 heteroatoms. The predicted octanol–water partition coefficient (Wildman–Crippen LogP) is 0.105. The first-order valence-electron chi connectivity index (χ1n) is 12.1. The molecule has 0 radical (unpaired) electrons. The molecule has 2 aromatic heterocycles. The number of nitrogens with two attached hydrogens (primary N) is 1. The van der Waals surface area contributed by atoms with Gasteiger partial charge >= 0.3 is 23.3 Å². The number of azide groups is 1. The molecule has 214 valence electrons. The number of hydrogen-bond donors (Lipinski definition) is 2. The molecule has 2 aliphatic rings. The van der Waals surface area contributed by atoms with Crippen molar-refractivity contribution in [2.24, 2.45) is 5.11 Å². The summed E-state index contributed by atoms with van der Waals surface area (Å²) in [6, 6.07) is 0.740. The van der Waals surface area contributed by atoms with Crippen molar-refractivity contribution in [2.75, 3.05) is 24.7 Å². The van der Waals surface area contributed by atoms with Crippen LogP contribution in [0.4, 0.5) is 5.82 Å². The number of nitrogens with zero attached hydrogens (tertiary/aromatic N) is 6. The molecule has 5 atom stereocenters. The average molecular weight is 579 g/mol. The number of aromatic amines is 1. The second-order valence-electron chi connectivity index (χ2n) is 8.88. The fourth-order valence-electron chi connectivity index (χ4n) is 4.03. The van der Waals surface area contributed by atoms with Crippen LogP contribution in [0.15, 0.2) is 38.0 Å². The van der Waals surface area contributed by atoms with Gasteiger partial charge < -0.3 is 24.7 Å². The van der Waals surface area contributed by atoms with E-state index in [1.807, 2.05) is 0 Å². The largest absolute Gasteiger partial charge is 0.463 e. The van der Waals surface area contributed by atoms with Gasteiger partial charge in [-0.3, -0.25) is 28.5 Å². The first kappa shape index (κ1) is 28.9. The molecule has 0 saturated carbocycles. The summed E-state index contributed by atoms with van der Waals surface area (Å²) in [6.45, 7) is 1.16. The van der Waals surface area contributed by atoms with Crippen LogP contribution in [0.1, 0.15) is 37.3 Å². The second kappa shape index (κ2) is 12.8.